The molecule has 1 aromatic carbocycles. The fourth-order valence-corrected chi connectivity index (χ4v) is 2.22. The average Bonchev–Trinajstić information content (AvgIpc) is 2.55. The van der Waals surface area contributed by atoms with Crippen molar-refractivity contribution >= 4 is 17.3 Å². The van der Waals surface area contributed by atoms with Gasteiger partial charge in [0.15, 0.2) is 11.6 Å². The Morgan fingerprint density at radius 2 is 1.96 bits per heavy atom. The van der Waals surface area contributed by atoms with Gasteiger partial charge in [-0.15, -0.1) is 0 Å². The number of nitrogens with one attached hydrogen (secondary N) is 1. The Kier molecular flexibility index (Phi) is 4.10. The number of hydrogen-bond acceptors (Lipinski definition) is 5. The number of aryl methyl sites for hydroxylation is 1. The number of rotatable bonds is 4. The lowest BCUT2D eigenvalue weighted by Crippen LogP contribution is -2.00. The van der Waals surface area contributed by atoms with Gasteiger partial charge in [-0.2, -0.15) is 0 Å². The SMILES string of the molecule is CC(=O)c1cccc(Nc2cc(C)nc(-c3cccnc3)n2)c1. The maximum absolute atomic E-state index is 11.5. The second-order valence-electron chi connectivity index (χ2n) is 5.22. The monoisotopic (exact) mass is 304 g/mol. The molecule has 0 radical (unpaired) electrons. The standard InChI is InChI=1S/C18H16N4O/c1-12-9-17(21-16-7-3-5-14(10-16)13(2)23)22-18(20-12)15-6-4-8-19-11-15/h3-11H,1-2H3,(H,20,21,22). The van der Waals surface area contributed by atoms with Gasteiger partial charge in [-0.1, -0.05) is 12.1 Å². The smallest absolute Gasteiger partial charge is 0.163 e. The third-order valence-corrected chi connectivity index (χ3v) is 3.32. The lowest BCUT2D eigenvalue weighted by Gasteiger charge is -2.09. The van der Waals surface area contributed by atoms with E-state index >= 15 is 0 Å². The van der Waals surface area contributed by atoms with Gasteiger partial charge in [-0.25, -0.2) is 9.97 Å². The van der Waals surface area contributed by atoms with Crippen LogP contribution in [0.25, 0.3) is 11.4 Å². The molecule has 0 aliphatic rings. The maximum atomic E-state index is 11.5. The number of aromatic nitrogens is 3. The fraction of sp³-hybridized carbons (Fsp3) is 0.111. The van der Waals surface area contributed by atoms with Crippen molar-refractivity contribution in [3.05, 3.63) is 66.1 Å². The second-order valence-corrected chi connectivity index (χ2v) is 5.22. The van der Waals surface area contributed by atoms with E-state index in [9.17, 15) is 4.79 Å². The van der Waals surface area contributed by atoms with Crippen LogP contribution < -0.4 is 5.32 Å². The van der Waals surface area contributed by atoms with Crippen LogP contribution in [0.2, 0.25) is 0 Å². The zero-order chi connectivity index (χ0) is 16.2. The van der Waals surface area contributed by atoms with Crippen LogP contribution in [0.1, 0.15) is 23.0 Å². The summed E-state index contributed by atoms with van der Waals surface area (Å²) in [5.41, 5.74) is 3.18. The van der Waals surface area contributed by atoms with Crippen LogP contribution in [0, 0.1) is 6.92 Å². The summed E-state index contributed by atoms with van der Waals surface area (Å²) in [7, 11) is 0. The summed E-state index contributed by atoms with van der Waals surface area (Å²) < 4.78 is 0. The molecule has 1 N–H and O–H groups in total. The molecule has 0 unspecified atom stereocenters. The summed E-state index contributed by atoms with van der Waals surface area (Å²) in [6.07, 6.45) is 3.45. The second kappa shape index (κ2) is 6.36. The number of benzene rings is 1. The van der Waals surface area contributed by atoms with Crippen molar-refractivity contribution in [1.29, 1.82) is 0 Å². The van der Waals surface area contributed by atoms with Gasteiger partial charge in [0.1, 0.15) is 5.82 Å². The summed E-state index contributed by atoms with van der Waals surface area (Å²) in [5.74, 6) is 1.32. The molecule has 2 aromatic heterocycles. The molecule has 3 aromatic rings. The molecule has 0 saturated heterocycles. The quantitative estimate of drug-likeness (QED) is 0.743. The normalized spacial score (nSPS) is 10.3. The van der Waals surface area contributed by atoms with E-state index in [1.54, 1.807) is 25.4 Å². The number of ketones is 1. The summed E-state index contributed by atoms with van der Waals surface area (Å²) in [6.45, 7) is 3.47. The molecule has 0 amide bonds. The zero-order valence-electron chi connectivity index (χ0n) is 12.9. The minimum Gasteiger partial charge on any atom is -0.340 e. The van der Waals surface area contributed by atoms with Gasteiger partial charge in [0, 0.05) is 41.0 Å². The summed E-state index contributed by atoms with van der Waals surface area (Å²) >= 11 is 0. The van der Waals surface area contributed by atoms with Crippen molar-refractivity contribution < 1.29 is 4.79 Å². The van der Waals surface area contributed by atoms with Crippen molar-refractivity contribution in [2.24, 2.45) is 0 Å². The lowest BCUT2D eigenvalue weighted by atomic mass is 10.1. The Bertz CT molecular complexity index is 847. The highest BCUT2D eigenvalue weighted by molar-refractivity contribution is 5.95. The van der Waals surface area contributed by atoms with E-state index in [-0.39, 0.29) is 5.78 Å². The minimum atomic E-state index is 0.0311. The van der Waals surface area contributed by atoms with Crippen LogP contribution >= 0.6 is 0 Å². The fourth-order valence-electron chi connectivity index (χ4n) is 2.22. The molecule has 0 spiro atoms. The van der Waals surface area contributed by atoms with Gasteiger partial charge in [0.05, 0.1) is 0 Å². The van der Waals surface area contributed by atoms with Crippen molar-refractivity contribution in [2.75, 3.05) is 5.32 Å². The molecule has 5 heteroatoms. The molecular formula is C18H16N4O. The van der Waals surface area contributed by atoms with E-state index in [0.717, 1.165) is 16.9 Å². The molecule has 0 fully saturated rings. The number of nitrogens with zero attached hydrogens (tertiary/aromatic N) is 3. The van der Waals surface area contributed by atoms with Gasteiger partial charge < -0.3 is 5.32 Å². The van der Waals surface area contributed by atoms with Crippen LogP contribution in [0.3, 0.4) is 0 Å². The molecule has 114 valence electrons. The molecule has 0 saturated carbocycles. The lowest BCUT2D eigenvalue weighted by molar-refractivity contribution is 0.101. The Morgan fingerprint density at radius 3 is 2.70 bits per heavy atom. The number of Topliss-reactive ketones (excluding diaryl/α,β-unsaturated/α-hetero) is 1. The number of carbonyl (C=O) groups excluding carboxylic acids is 1. The highest BCUT2D eigenvalue weighted by atomic mass is 16.1. The van der Waals surface area contributed by atoms with E-state index in [4.69, 9.17) is 0 Å². The molecular weight excluding hydrogens is 288 g/mol. The van der Waals surface area contributed by atoms with Crippen LogP contribution in [-0.4, -0.2) is 20.7 Å². The number of hydrogen-bond donors (Lipinski definition) is 1. The van der Waals surface area contributed by atoms with Crippen LogP contribution in [-0.2, 0) is 0 Å². The number of pyridine rings is 1. The summed E-state index contributed by atoms with van der Waals surface area (Å²) in [6, 6.07) is 13.0. The van der Waals surface area contributed by atoms with Gasteiger partial charge in [0.25, 0.3) is 0 Å². The first-order valence-electron chi connectivity index (χ1n) is 7.26. The van der Waals surface area contributed by atoms with Crippen molar-refractivity contribution in [3.63, 3.8) is 0 Å². The van der Waals surface area contributed by atoms with E-state index in [2.05, 4.69) is 20.3 Å². The zero-order valence-corrected chi connectivity index (χ0v) is 12.9. The minimum absolute atomic E-state index is 0.0311. The Balaban J connectivity index is 1.93. The molecule has 23 heavy (non-hydrogen) atoms. The summed E-state index contributed by atoms with van der Waals surface area (Å²) in [5, 5.41) is 3.23. The van der Waals surface area contributed by atoms with E-state index < -0.39 is 0 Å². The van der Waals surface area contributed by atoms with Crippen molar-refractivity contribution in [3.8, 4) is 11.4 Å². The van der Waals surface area contributed by atoms with Crippen molar-refractivity contribution in [2.45, 2.75) is 13.8 Å². The maximum Gasteiger partial charge on any atom is 0.163 e. The number of carbonyl (C=O) groups is 1. The topological polar surface area (TPSA) is 67.8 Å². The van der Waals surface area contributed by atoms with Gasteiger partial charge >= 0.3 is 0 Å². The Labute approximate surface area is 134 Å². The highest BCUT2D eigenvalue weighted by Crippen LogP contribution is 2.20. The van der Waals surface area contributed by atoms with Crippen LogP contribution in [0.4, 0.5) is 11.5 Å². The molecule has 3 rings (SSSR count). The largest absolute Gasteiger partial charge is 0.340 e. The first kappa shape index (κ1) is 14.8. The Hall–Kier alpha value is -3.08. The van der Waals surface area contributed by atoms with E-state index in [1.165, 1.54) is 0 Å². The Morgan fingerprint density at radius 1 is 1.09 bits per heavy atom. The van der Waals surface area contributed by atoms with E-state index in [1.807, 2.05) is 43.3 Å². The van der Waals surface area contributed by atoms with Gasteiger partial charge in [-0.3, -0.25) is 9.78 Å². The van der Waals surface area contributed by atoms with Crippen LogP contribution in [0.5, 0.6) is 0 Å². The summed E-state index contributed by atoms with van der Waals surface area (Å²) in [4.78, 5) is 24.6. The molecule has 5 nitrogen and oxygen atoms in total. The first-order valence-corrected chi connectivity index (χ1v) is 7.26. The van der Waals surface area contributed by atoms with Crippen LogP contribution in [0.15, 0.2) is 54.9 Å². The first-order chi connectivity index (χ1) is 11.1. The average molecular weight is 304 g/mol. The number of anilines is 2. The van der Waals surface area contributed by atoms with Gasteiger partial charge in [0.2, 0.25) is 0 Å². The van der Waals surface area contributed by atoms with Crippen molar-refractivity contribution in [1.82, 2.24) is 15.0 Å². The molecule has 2 heterocycles. The molecule has 0 aliphatic heterocycles. The predicted molar refractivity (Wildman–Crippen MR) is 89.7 cm³/mol. The molecule has 0 aliphatic carbocycles. The predicted octanol–water partition coefficient (Wildman–Crippen LogP) is 3.79. The third kappa shape index (κ3) is 3.58. The highest BCUT2D eigenvalue weighted by Gasteiger charge is 2.06. The molecule has 0 bridgehead atoms. The van der Waals surface area contributed by atoms with E-state index in [0.29, 0.717) is 17.2 Å². The third-order valence-electron chi connectivity index (χ3n) is 3.32. The van der Waals surface area contributed by atoms with Gasteiger partial charge in [-0.05, 0) is 38.1 Å². The molecule has 0 atom stereocenters.